The summed E-state index contributed by atoms with van der Waals surface area (Å²) in [5.41, 5.74) is 0.651. The third-order valence-electron chi connectivity index (χ3n) is 2.10. The maximum Gasteiger partial charge on any atom is 0.177 e. The van der Waals surface area contributed by atoms with Crippen LogP contribution in [0.4, 0.5) is 0 Å². The Morgan fingerprint density at radius 1 is 1.53 bits per heavy atom. The SMILES string of the molecule is CC1(C)Oc2ccc(C(=O)CCl)cc2S1. The van der Waals surface area contributed by atoms with Crippen LogP contribution >= 0.6 is 23.4 Å². The van der Waals surface area contributed by atoms with E-state index in [9.17, 15) is 4.79 Å². The lowest BCUT2D eigenvalue weighted by atomic mass is 10.1. The molecule has 0 atom stereocenters. The Hall–Kier alpha value is -0.670. The van der Waals surface area contributed by atoms with Crippen molar-refractivity contribution in [1.82, 2.24) is 0 Å². The lowest BCUT2D eigenvalue weighted by molar-refractivity contribution is 0.102. The van der Waals surface area contributed by atoms with Crippen molar-refractivity contribution in [3.8, 4) is 5.75 Å². The summed E-state index contributed by atoms with van der Waals surface area (Å²) in [4.78, 5) is 12.2. The number of hydrogen-bond acceptors (Lipinski definition) is 3. The Kier molecular flexibility index (Phi) is 2.69. The highest BCUT2D eigenvalue weighted by Crippen LogP contribution is 2.47. The largest absolute Gasteiger partial charge is 0.476 e. The number of benzene rings is 1. The van der Waals surface area contributed by atoms with Gasteiger partial charge in [-0.15, -0.1) is 11.6 Å². The molecule has 0 saturated heterocycles. The normalized spacial score (nSPS) is 17.0. The molecule has 2 nitrogen and oxygen atoms in total. The third-order valence-corrected chi connectivity index (χ3v) is 3.46. The van der Waals surface area contributed by atoms with Crippen LogP contribution in [0.3, 0.4) is 0 Å². The van der Waals surface area contributed by atoms with E-state index < -0.39 is 0 Å². The van der Waals surface area contributed by atoms with Crippen LogP contribution in [0.1, 0.15) is 24.2 Å². The molecule has 0 bridgehead atoms. The fraction of sp³-hybridized carbons (Fsp3) is 0.364. The maximum atomic E-state index is 11.4. The summed E-state index contributed by atoms with van der Waals surface area (Å²) in [5, 5.41) is 0. The Bertz CT molecular complexity index is 415. The van der Waals surface area contributed by atoms with E-state index in [0.29, 0.717) is 5.56 Å². The molecule has 1 aromatic rings. The van der Waals surface area contributed by atoms with Crippen molar-refractivity contribution in [1.29, 1.82) is 0 Å². The first-order valence-corrected chi connectivity index (χ1v) is 5.98. The van der Waals surface area contributed by atoms with Crippen LogP contribution in [0.2, 0.25) is 0 Å². The number of Topliss-reactive ketones (excluding diaryl/α,β-unsaturated/α-hetero) is 1. The van der Waals surface area contributed by atoms with Gasteiger partial charge in [0.15, 0.2) is 10.7 Å². The van der Waals surface area contributed by atoms with E-state index >= 15 is 0 Å². The van der Waals surface area contributed by atoms with Crippen molar-refractivity contribution in [3.63, 3.8) is 0 Å². The van der Waals surface area contributed by atoms with Gasteiger partial charge in [0.05, 0.1) is 10.8 Å². The zero-order valence-electron chi connectivity index (χ0n) is 8.54. The first kappa shape index (κ1) is 10.8. The third kappa shape index (κ3) is 2.13. The topological polar surface area (TPSA) is 26.3 Å². The molecule has 0 aromatic heterocycles. The number of rotatable bonds is 2. The summed E-state index contributed by atoms with van der Waals surface area (Å²) >= 11 is 7.12. The molecule has 0 radical (unpaired) electrons. The number of halogens is 1. The van der Waals surface area contributed by atoms with Crippen LogP contribution < -0.4 is 4.74 Å². The van der Waals surface area contributed by atoms with Gasteiger partial charge in [-0.1, -0.05) is 11.8 Å². The molecular formula is C11H11ClO2S. The van der Waals surface area contributed by atoms with Crippen molar-refractivity contribution in [3.05, 3.63) is 23.8 Å². The van der Waals surface area contributed by atoms with Crippen LogP contribution in [-0.4, -0.2) is 16.6 Å². The predicted octanol–water partition coefficient (Wildman–Crippen LogP) is 3.33. The monoisotopic (exact) mass is 242 g/mol. The molecule has 2 rings (SSSR count). The van der Waals surface area contributed by atoms with Gasteiger partial charge in [0, 0.05) is 5.56 Å². The first-order chi connectivity index (χ1) is 7.02. The lowest BCUT2D eigenvalue weighted by Gasteiger charge is -2.15. The number of hydrogen-bond donors (Lipinski definition) is 0. The van der Waals surface area contributed by atoms with Crippen LogP contribution in [0.25, 0.3) is 0 Å². The molecule has 1 heterocycles. The van der Waals surface area contributed by atoms with E-state index in [-0.39, 0.29) is 16.6 Å². The van der Waals surface area contributed by atoms with Gasteiger partial charge < -0.3 is 4.74 Å². The molecule has 0 fully saturated rings. The summed E-state index contributed by atoms with van der Waals surface area (Å²) in [6.07, 6.45) is 0. The van der Waals surface area contributed by atoms with Crippen molar-refractivity contribution in [2.24, 2.45) is 0 Å². The van der Waals surface area contributed by atoms with E-state index in [1.807, 2.05) is 26.0 Å². The Labute approximate surface area is 98.0 Å². The number of carbonyl (C=O) groups is 1. The van der Waals surface area contributed by atoms with Crippen LogP contribution in [0, 0.1) is 0 Å². The number of alkyl halides is 1. The molecule has 1 aliphatic rings. The first-order valence-electron chi connectivity index (χ1n) is 4.63. The second-order valence-corrected chi connectivity index (χ2v) is 5.72. The highest BCUT2D eigenvalue weighted by atomic mass is 35.5. The predicted molar refractivity (Wildman–Crippen MR) is 62.1 cm³/mol. The summed E-state index contributed by atoms with van der Waals surface area (Å²) in [7, 11) is 0. The molecule has 0 spiro atoms. The fourth-order valence-corrected chi connectivity index (χ4v) is 2.68. The number of fused-ring (bicyclic) bond motifs is 1. The van der Waals surface area contributed by atoms with E-state index in [1.54, 1.807) is 17.8 Å². The fourth-order valence-electron chi connectivity index (χ4n) is 1.47. The summed E-state index contributed by atoms with van der Waals surface area (Å²) < 4.78 is 5.68. The van der Waals surface area contributed by atoms with Crippen molar-refractivity contribution >= 4 is 29.1 Å². The lowest BCUT2D eigenvalue weighted by Crippen LogP contribution is -2.17. The number of thioether (sulfide) groups is 1. The van der Waals surface area contributed by atoms with Crippen molar-refractivity contribution in [2.45, 2.75) is 23.7 Å². The van der Waals surface area contributed by atoms with Gasteiger partial charge in [0.1, 0.15) is 5.75 Å². The molecule has 0 amide bonds. The Balaban J connectivity index is 2.34. The van der Waals surface area contributed by atoms with Crippen molar-refractivity contribution in [2.75, 3.05) is 5.88 Å². The van der Waals surface area contributed by atoms with Gasteiger partial charge in [0.25, 0.3) is 0 Å². The van der Waals surface area contributed by atoms with Crippen LogP contribution in [0.15, 0.2) is 23.1 Å². The van der Waals surface area contributed by atoms with Crippen LogP contribution in [0.5, 0.6) is 5.75 Å². The quantitative estimate of drug-likeness (QED) is 0.588. The van der Waals surface area contributed by atoms with E-state index in [4.69, 9.17) is 16.3 Å². The van der Waals surface area contributed by atoms with Gasteiger partial charge >= 0.3 is 0 Å². The minimum absolute atomic E-state index is 0.0215. The average molecular weight is 243 g/mol. The van der Waals surface area contributed by atoms with Crippen molar-refractivity contribution < 1.29 is 9.53 Å². The van der Waals surface area contributed by atoms with Gasteiger partial charge in [-0.3, -0.25) is 4.79 Å². The summed E-state index contributed by atoms with van der Waals surface area (Å²) in [5.74, 6) is 0.814. The minimum Gasteiger partial charge on any atom is -0.476 e. The standard InChI is InChI=1S/C11H11ClO2S/c1-11(2)14-9-4-3-7(8(13)6-12)5-10(9)15-11/h3-5H,6H2,1-2H3. The summed E-state index contributed by atoms with van der Waals surface area (Å²) in [6, 6.07) is 5.43. The Morgan fingerprint density at radius 3 is 2.93 bits per heavy atom. The van der Waals surface area contributed by atoms with Gasteiger partial charge in [-0.2, -0.15) is 0 Å². The molecule has 15 heavy (non-hydrogen) atoms. The number of ketones is 1. The van der Waals surface area contributed by atoms with E-state index in [1.165, 1.54) is 0 Å². The van der Waals surface area contributed by atoms with Crippen LogP contribution in [-0.2, 0) is 0 Å². The average Bonchev–Trinajstić information content (AvgIpc) is 2.49. The highest BCUT2D eigenvalue weighted by Gasteiger charge is 2.31. The highest BCUT2D eigenvalue weighted by molar-refractivity contribution is 8.00. The van der Waals surface area contributed by atoms with E-state index in [0.717, 1.165) is 10.6 Å². The van der Waals surface area contributed by atoms with Gasteiger partial charge in [-0.05, 0) is 32.0 Å². The minimum atomic E-state index is -0.245. The zero-order valence-corrected chi connectivity index (χ0v) is 10.1. The maximum absolute atomic E-state index is 11.4. The molecular weight excluding hydrogens is 232 g/mol. The molecule has 1 aromatic carbocycles. The second-order valence-electron chi connectivity index (χ2n) is 3.82. The Morgan fingerprint density at radius 2 is 2.27 bits per heavy atom. The molecule has 0 aliphatic carbocycles. The molecule has 0 N–H and O–H groups in total. The van der Waals surface area contributed by atoms with Gasteiger partial charge in [-0.25, -0.2) is 0 Å². The van der Waals surface area contributed by atoms with Gasteiger partial charge in [0.2, 0.25) is 0 Å². The second kappa shape index (κ2) is 3.72. The molecule has 0 unspecified atom stereocenters. The molecule has 4 heteroatoms. The zero-order chi connectivity index (χ0) is 11.1. The summed E-state index contributed by atoms with van der Waals surface area (Å²) in [6.45, 7) is 4.00. The smallest absolute Gasteiger partial charge is 0.177 e. The number of carbonyl (C=O) groups excluding carboxylic acids is 1. The molecule has 0 saturated carbocycles. The molecule has 80 valence electrons. The molecule has 1 aliphatic heterocycles. The van der Waals surface area contributed by atoms with E-state index in [2.05, 4.69) is 0 Å². The number of ether oxygens (including phenoxy) is 1.